The number of carboxylic acids is 1. The number of carboxylic acid groups (broad SMARTS) is 1. The first-order valence-corrected chi connectivity index (χ1v) is 7.12. The van der Waals surface area contributed by atoms with Gasteiger partial charge in [-0.3, -0.25) is 0 Å². The van der Waals surface area contributed by atoms with Gasteiger partial charge in [-0.15, -0.1) is 0 Å². The van der Waals surface area contributed by atoms with Gasteiger partial charge >= 0.3 is 5.97 Å². The maximum absolute atomic E-state index is 10.8. The van der Waals surface area contributed by atoms with Gasteiger partial charge in [0.05, 0.1) is 5.56 Å². The number of carbonyl (C=O) groups is 1. The van der Waals surface area contributed by atoms with Crippen molar-refractivity contribution in [3.8, 4) is 0 Å². The fourth-order valence-electron chi connectivity index (χ4n) is 2.86. The molecule has 1 saturated carbocycles. The molecule has 0 spiro atoms. The van der Waals surface area contributed by atoms with E-state index in [1.54, 1.807) is 12.1 Å². The predicted octanol–water partition coefficient (Wildman–Crippen LogP) is 3.44. The van der Waals surface area contributed by atoms with Crippen LogP contribution in [0.5, 0.6) is 0 Å². The Hall–Kier alpha value is -1.35. The van der Waals surface area contributed by atoms with Crippen molar-refractivity contribution in [1.29, 1.82) is 0 Å². The Morgan fingerprint density at radius 1 is 1.21 bits per heavy atom. The van der Waals surface area contributed by atoms with Gasteiger partial charge in [0.1, 0.15) is 0 Å². The molecule has 1 aliphatic carbocycles. The number of aromatic carboxylic acids is 1. The normalized spacial score (nSPS) is 18.2. The number of nitrogens with one attached hydrogen (secondary N) is 1. The summed E-state index contributed by atoms with van der Waals surface area (Å²) in [6.07, 6.45) is 6.72. The zero-order valence-corrected chi connectivity index (χ0v) is 11.6. The largest absolute Gasteiger partial charge is 0.478 e. The first-order chi connectivity index (χ1) is 9.09. The first kappa shape index (κ1) is 14.1. The molecule has 1 aromatic rings. The second kappa shape index (κ2) is 6.20. The van der Waals surface area contributed by atoms with Crippen molar-refractivity contribution in [3.63, 3.8) is 0 Å². The monoisotopic (exact) mass is 261 g/mol. The number of benzene rings is 1. The van der Waals surface area contributed by atoms with Crippen LogP contribution in [0.2, 0.25) is 0 Å². The third-order valence-corrected chi connectivity index (χ3v) is 4.14. The summed E-state index contributed by atoms with van der Waals surface area (Å²) in [7, 11) is 0. The van der Waals surface area contributed by atoms with Gasteiger partial charge in [-0.1, -0.05) is 38.3 Å². The van der Waals surface area contributed by atoms with Crippen LogP contribution in [0.4, 0.5) is 0 Å². The van der Waals surface area contributed by atoms with Crippen molar-refractivity contribution < 1.29 is 9.90 Å². The molecule has 0 radical (unpaired) electrons. The molecule has 19 heavy (non-hydrogen) atoms. The minimum Gasteiger partial charge on any atom is -0.478 e. The van der Waals surface area contributed by atoms with Crippen LogP contribution in [-0.2, 0) is 6.54 Å². The highest BCUT2D eigenvalue weighted by Gasteiger charge is 2.25. The van der Waals surface area contributed by atoms with Gasteiger partial charge in [0.15, 0.2) is 0 Å². The molecule has 0 aromatic heterocycles. The van der Waals surface area contributed by atoms with Crippen LogP contribution in [0.1, 0.15) is 54.9 Å². The second-order valence-electron chi connectivity index (χ2n) is 5.98. The van der Waals surface area contributed by atoms with Crippen molar-refractivity contribution >= 4 is 5.97 Å². The van der Waals surface area contributed by atoms with E-state index in [-0.39, 0.29) is 0 Å². The highest BCUT2D eigenvalue weighted by molar-refractivity contribution is 5.87. The smallest absolute Gasteiger partial charge is 0.335 e. The lowest BCUT2D eigenvalue weighted by Gasteiger charge is -2.33. The molecule has 3 heteroatoms. The average molecular weight is 261 g/mol. The van der Waals surface area contributed by atoms with Gasteiger partial charge in [-0.2, -0.15) is 0 Å². The Labute approximate surface area is 115 Å². The molecule has 0 bridgehead atoms. The Kier molecular flexibility index (Phi) is 4.59. The highest BCUT2D eigenvalue weighted by Crippen LogP contribution is 2.34. The molecule has 1 aliphatic rings. The van der Waals surface area contributed by atoms with E-state index in [4.69, 9.17) is 5.11 Å². The Bertz CT molecular complexity index is 419. The van der Waals surface area contributed by atoms with Crippen LogP contribution >= 0.6 is 0 Å². The molecule has 1 aromatic carbocycles. The molecule has 0 aliphatic heterocycles. The van der Waals surface area contributed by atoms with Crippen LogP contribution in [0, 0.1) is 5.41 Å². The SMILES string of the molecule is CC1(CNCc2ccc(C(=O)O)cc2)CCCCC1. The quantitative estimate of drug-likeness (QED) is 0.853. The molecular formula is C16H23NO2. The van der Waals surface area contributed by atoms with Crippen LogP contribution in [0.3, 0.4) is 0 Å². The summed E-state index contributed by atoms with van der Waals surface area (Å²) in [6, 6.07) is 7.11. The summed E-state index contributed by atoms with van der Waals surface area (Å²) in [5.74, 6) is -0.866. The number of hydrogen-bond donors (Lipinski definition) is 2. The summed E-state index contributed by atoms with van der Waals surface area (Å²) in [4.78, 5) is 10.8. The van der Waals surface area contributed by atoms with E-state index < -0.39 is 5.97 Å². The highest BCUT2D eigenvalue weighted by atomic mass is 16.4. The van der Waals surface area contributed by atoms with Crippen molar-refractivity contribution in [1.82, 2.24) is 5.32 Å². The Balaban J connectivity index is 1.80. The summed E-state index contributed by atoms with van der Waals surface area (Å²) >= 11 is 0. The van der Waals surface area contributed by atoms with Crippen LogP contribution in [0.15, 0.2) is 24.3 Å². The minimum absolute atomic E-state index is 0.350. The van der Waals surface area contributed by atoms with Gasteiger partial charge in [0.2, 0.25) is 0 Å². The van der Waals surface area contributed by atoms with Gasteiger partial charge in [-0.05, 0) is 36.0 Å². The van der Waals surface area contributed by atoms with Gasteiger partial charge in [0, 0.05) is 13.1 Å². The molecular weight excluding hydrogens is 238 g/mol. The van der Waals surface area contributed by atoms with Crippen LogP contribution in [-0.4, -0.2) is 17.6 Å². The maximum atomic E-state index is 10.8. The third kappa shape index (κ3) is 4.06. The molecule has 0 atom stereocenters. The van der Waals surface area contributed by atoms with E-state index in [1.165, 1.54) is 32.1 Å². The van der Waals surface area contributed by atoms with Crippen molar-refractivity contribution in [2.75, 3.05) is 6.54 Å². The molecule has 3 nitrogen and oxygen atoms in total. The predicted molar refractivity (Wildman–Crippen MR) is 76.3 cm³/mol. The van der Waals surface area contributed by atoms with Gasteiger partial charge in [0.25, 0.3) is 0 Å². The lowest BCUT2D eigenvalue weighted by molar-refractivity contribution is 0.0697. The van der Waals surface area contributed by atoms with Crippen LogP contribution in [0.25, 0.3) is 0 Å². The number of hydrogen-bond acceptors (Lipinski definition) is 2. The fraction of sp³-hybridized carbons (Fsp3) is 0.562. The summed E-state index contributed by atoms with van der Waals surface area (Å²) in [5, 5.41) is 12.4. The molecule has 1 fully saturated rings. The molecule has 0 saturated heterocycles. The third-order valence-electron chi connectivity index (χ3n) is 4.14. The Morgan fingerprint density at radius 2 is 1.84 bits per heavy atom. The molecule has 0 heterocycles. The van der Waals surface area contributed by atoms with Gasteiger partial charge < -0.3 is 10.4 Å². The molecule has 2 rings (SSSR count). The van der Waals surface area contributed by atoms with Crippen molar-refractivity contribution in [3.05, 3.63) is 35.4 Å². The lowest BCUT2D eigenvalue weighted by Crippen LogP contribution is -2.33. The van der Waals surface area contributed by atoms with E-state index >= 15 is 0 Å². The molecule has 0 unspecified atom stereocenters. The second-order valence-corrected chi connectivity index (χ2v) is 5.98. The van der Waals surface area contributed by atoms with Crippen LogP contribution < -0.4 is 5.32 Å². The number of rotatable bonds is 5. The topological polar surface area (TPSA) is 49.3 Å². The van der Waals surface area contributed by atoms with Crippen molar-refractivity contribution in [2.45, 2.75) is 45.6 Å². The molecule has 104 valence electrons. The zero-order valence-electron chi connectivity index (χ0n) is 11.6. The Morgan fingerprint density at radius 3 is 2.42 bits per heavy atom. The van der Waals surface area contributed by atoms with E-state index in [2.05, 4.69) is 12.2 Å². The summed E-state index contributed by atoms with van der Waals surface area (Å²) in [5.41, 5.74) is 1.94. The van der Waals surface area contributed by atoms with Crippen molar-refractivity contribution in [2.24, 2.45) is 5.41 Å². The first-order valence-electron chi connectivity index (χ1n) is 7.12. The van der Waals surface area contributed by atoms with E-state index in [0.717, 1.165) is 18.7 Å². The molecule has 0 amide bonds. The lowest BCUT2D eigenvalue weighted by atomic mass is 9.76. The average Bonchev–Trinajstić information content (AvgIpc) is 2.40. The van der Waals surface area contributed by atoms with E-state index in [9.17, 15) is 4.79 Å². The molecule has 2 N–H and O–H groups in total. The maximum Gasteiger partial charge on any atom is 0.335 e. The van der Waals surface area contributed by atoms with E-state index in [1.807, 2.05) is 12.1 Å². The summed E-state index contributed by atoms with van der Waals surface area (Å²) < 4.78 is 0. The van der Waals surface area contributed by atoms with E-state index in [0.29, 0.717) is 11.0 Å². The summed E-state index contributed by atoms with van der Waals surface area (Å²) in [6.45, 7) is 4.23. The standard InChI is InChI=1S/C16H23NO2/c1-16(9-3-2-4-10-16)12-17-11-13-5-7-14(8-6-13)15(18)19/h5-8,17H,2-4,9-12H2,1H3,(H,18,19). The zero-order chi connectivity index (χ0) is 13.7. The minimum atomic E-state index is -0.866. The fourth-order valence-corrected chi connectivity index (χ4v) is 2.86. The van der Waals surface area contributed by atoms with Gasteiger partial charge in [-0.25, -0.2) is 4.79 Å².